The Morgan fingerprint density at radius 2 is 1.97 bits per heavy atom. The number of halogens is 1. The van der Waals surface area contributed by atoms with Gasteiger partial charge in [-0.2, -0.15) is 0 Å². The standard InChI is InChI=1S/C23H23FN4O4/c1-31-16-7-8-19(20(12-16)32-2)26-23(30)28-10-9-18-17(13-28)22(29)27-21(25-18)11-14-3-5-15(24)6-4-14/h3-8,12H,9-11,13H2,1-2H3,(H,26,30)(H,25,27,29). The molecule has 2 heterocycles. The van der Waals surface area contributed by atoms with Gasteiger partial charge in [0.1, 0.15) is 23.1 Å². The molecule has 9 heteroatoms. The summed E-state index contributed by atoms with van der Waals surface area (Å²) in [6, 6.07) is 10.8. The molecule has 8 nitrogen and oxygen atoms in total. The molecule has 2 aromatic carbocycles. The second-order valence-electron chi connectivity index (χ2n) is 7.41. The first-order chi connectivity index (χ1) is 15.5. The zero-order valence-electron chi connectivity index (χ0n) is 17.8. The van der Waals surface area contributed by atoms with E-state index in [0.29, 0.717) is 53.7 Å². The molecule has 2 amide bonds. The van der Waals surface area contributed by atoms with Gasteiger partial charge in [0.05, 0.1) is 37.7 Å². The Balaban J connectivity index is 1.48. The van der Waals surface area contributed by atoms with E-state index in [1.165, 1.54) is 19.2 Å². The molecule has 166 valence electrons. The Bertz CT molecular complexity index is 1190. The number of fused-ring (bicyclic) bond motifs is 1. The summed E-state index contributed by atoms with van der Waals surface area (Å²) in [6.07, 6.45) is 0.854. The third-order valence-electron chi connectivity index (χ3n) is 5.34. The molecule has 0 fully saturated rings. The molecule has 0 saturated heterocycles. The van der Waals surface area contributed by atoms with Crippen molar-refractivity contribution in [2.24, 2.45) is 0 Å². The zero-order valence-corrected chi connectivity index (χ0v) is 17.8. The largest absolute Gasteiger partial charge is 0.497 e. The van der Waals surface area contributed by atoms with Crippen LogP contribution >= 0.6 is 0 Å². The number of urea groups is 1. The number of ether oxygens (including phenoxy) is 2. The number of nitrogens with zero attached hydrogens (tertiary/aromatic N) is 2. The van der Waals surface area contributed by atoms with Crippen molar-refractivity contribution in [2.45, 2.75) is 19.4 Å². The third kappa shape index (κ3) is 4.56. The van der Waals surface area contributed by atoms with E-state index in [0.717, 1.165) is 5.56 Å². The number of amides is 2. The molecule has 32 heavy (non-hydrogen) atoms. The van der Waals surface area contributed by atoms with Gasteiger partial charge in [-0.3, -0.25) is 4.79 Å². The fraction of sp³-hybridized carbons (Fsp3) is 0.261. The number of H-pyrrole nitrogens is 1. The summed E-state index contributed by atoms with van der Waals surface area (Å²) in [5.41, 5.74) is 2.23. The maximum Gasteiger partial charge on any atom is 0.322 e. The molecule has 4 rings (SSSR count). The summed E-state index contributed by atoms with van der Waals surface area (Å²) >= 11 is 0. The molecule has 0 radical (unpaired) electrons. The lowest BCUT2D eigenvalue weighted by Gasteiger charge is -2.28. The van der Waals surface area contributed by atoms with Gasteiger partial charge >= 0.3 is 6.03 Å². The molecule has 2 N–H and O–H groups in total. The van der Waals surface area contributed by atoms with E-state index in [2.05, 4.69) is 15.3 Å². The van der Waals surface area contributed by atoms with Crippen LogP contribution in [-0.4, -0.2) is 41.7 Å². The summed E-state index contributed by atoms with van der Waals surface area (Å²) in [5.74, 6) is 1.29. The smallest absolute Gasteiger partial charge is 0.322 e. The molecule has 3 aromatic rings. The minimum atomic E-state index is -0.339. The number of methoxy groups -OCH3 is 2. The number of rotatable bonds is 5. The number of aromatic amines is 1. The highest BCUT2D eigenvalue weighted by molar-refractivity contribution is 5.91. The van der Waals surface area contributed by atoms with Crippen LogP contribution in [0.25, 0.3) is 0 Å². The third-order valence-corrected chi connectivity index (χ3v) is 5.34. The van der Waals surface area contributed by atoms with E-state index in [9.17, 15) is 14.0 Å². The SMILES string of the molecule is COc1ccc(NC(=O)N2CCc3nc(Cc4ccc(F)cc4)[nH]c(=O)c3C2)c(OC)c1. The molecule has 1 aliphatic rings. The predicted molar refractivity (Wildman–Crippen MR) is 117 cm³/mol. The Hall–Kier alpha value is -3.88. The van der Waals surface area contributed by atoms with E-state index in [4.69, 9.17) is 9.47 Å². The summed E-state index contributed by atoms with van der Waals surface area (Å²) < 4.78 is 23.6. The van der Waals surface area contributed by atoms with E-state index in [1.807, 2.05) is 0 Å². The summed E-state index contributed by atoms with van der Waals surface area (Å²) in [6.45, 7) is 0.572. The molecule has 1 aliphatic heterocycles. The van der Waals surface area contributed by atoms with Crippen LogP contribution in [0.4, 0.5) is 14.9 Å². The molecule has 0 aliphatic carbocycles. The quantitative estimate of drug-likeness (QED) is 0.638. The number of anilines is 1. The molecule has 1 aromatic heterocycles. The molecule has 0 atom stereocenters. The van der Waals surface area contributed by atoms with Gasteiger partial charge in [0.25, 0.3) is 5.56 Å². The van der Waals surface area contributed by atoms with Crippen molar-refractivity contribution in [3.8, 4) is 11.5 Å². The summed E-state index contributed by atoms with van der Waals surface area (Å²) in [5, 5.41) is 2.82. The van der Waals surface area contributed by atoms with Crippen molar-refractivity contribution in [2.75, 3.05) is 26.1 Å². The highest BCUT2D eigenvalue weighted by atomic mass is 19.1. The van der Waals surface area contributed by atoms with Gasteiger partial charge in [0.2, 0.25) is 0 Å². The zero-order chi connectivity index (χ0) is 22.7. The Kier molecular flexibility index (Phi) is 6.07. The van der Waals surface area contributed by atoms with Gasteiger partial charge in [-0.15, -0.1) is 0 Å². The Morgan fingerprint density at radius 1 is 1.19 bits per heavy atom. The molecule has 0 bridgehead atoms. The van der Waals surface area contributed by atoms with Crippen molar-refractivity contribution in [3.05, 3.63) is 81.3 Å². The molecular formula is C23H23FN4O4. The highest BCUT2D eigenvalue weighted by Gasteiger charge is 2.25. The van der Waals surface area contributed by atoms with Crippen molar-refractivity contribution in [1.82, 2.24) is 14.9 Å². The van der Waals surface area contributed by atoms with E-state index in [1.54, 1.807) is 42.3 Å². The molecule has 0 spiro atoms. The molecular weight excluding hydrogens is 415 g/mol. The Morgan fingerprint density at radius 3 is 2.69 bits per heavy atom. The van der Waals surface area contributed by atoms with Gasteiger partial charge in [0.15, 0.2) is 0 Å². The topological polar surface area (TPSA) is 96.5 Å². The van der Waals surface area contributed by atoms with Crippen LogP contribution in [0.3, 0.4) is 0 Å². The summed E-state index contributed by atoms with van der Waals surface area (Å²) in [4.78, 5) is 34.4. The Labute approximate surface area is 184 Å². The average molecular weight is 438 g/mol. The highest BCUT2D eigenvalue weighted by Crippen LogP contribution is 2.29. The number of benzene rings is 2. The fourth-order valence-electron chi connectivity index (χ4n) is 3.63. The van der Waals surface area contributed by atoms with Crippen LogP contribution in [0, 0.1) is 5.82 Å². The number of carbonyl (C=O) groups is 1. The normalized spacial score (nSPS) is 12.8. The lowest BCUT2D eigenvalue weighted by molar-refractivity contribution is 0.205. The lowest BCUT2D eigenvalue weighted by Crippen LogP contribution is -2.42. The molecule has 0 unspecified atom stereocenters. The van der Waals surface area contributed by atoms with Crippen LogP contribution in [0.2, 0.25) is 0 Å². The first-order valence-corrected chi connectivity index (χ1v) is 10.1. The lowest BCUT2D eigenvalue weighted by atomic mass is 10.1. The van der Waals surface area contributed by atoms with E-state index >= 15 is 0 Å². The average Bonchev–Trinajstić information content (AvgIpc) is 2.80. The van der Waals surface area contributed by atoms with Gasteiger partial charge < -0.3 is 24.7 Å². The van der Waals surface area contributed by atoms with Crippen LogP contribution in [0.15, 0.2) is 47.3 Å². The first-order valence-electron chi connectivity index (χ1n) is 10.1. The van der Waals surface area contributed by atoms with Crippen molar-refractivity contribution in [1.29, 1.82) is 0 Å². The summed E-state index contributed by atoms with van der Waals surface area (Å²) in [7, 11) is 3.06. The van der Waals surface area contributed by atoms with Gasteiger partial charge in [-0.25, -0.2) is 14.2 Å². The van der Waals surface area contributed by atoms with Crippen LogP contribution in [0.1, 0.15) is 22.6 Å². The van der Waals surface area contributed by atoms with Crippen LogP contribution in [0.5, 0.6) is 11.5 Å². The second kappa shape index (κ2) is 9.09. The van der Waals surface area contributed by atoms with E-state index in [-0.39, 0.29) is 24.0 Å². The number of hydrogen-bond donors (Lipinski definition) is 2. The minimum Gasteiger partial charge on any atom is -0.497 e. The fourth-order valence-corrected chi connectivity index (χ4v) is 3.63. The maximum absolute atomic E-state index is 13.1. The number of aromatic nitrogens is 2. The van der Waals surface area contributed by atoms with Gasteiger partial charge in [0, 0.05) is 25.5 Å². The van der Waals surface area contributed by atoms with E-state index < -0.39 is 0 Å². The number of carbonyl (C=O) groups excluding carboxylic acids is 1. The van der Waals surface area contributed by atoms with Crippen molar-refractivity contribution in [3.63, 3.8) is 0 Å². The van der Waals surface area contributed by atoms with Crippen molar-refractivity contribution < 1.29 is 18.7 Å². The first kappa shape index (κ1) is 21.4. The second-order valence-corrected chi connectivity index (χ2v) is 7.41. The van der Waals surface area contributed by atoms with Crippen LogP contribution < -0.4 is 20.3 Å². The van der Waals surface area contributed by atoms with Crippen molar-refractivity contribution >= 4 is 11.7 Å². The predicted octanol–water partition coefficient (Wildman–Crippen LogP) is 3.11. The van der Waals surface area contributed by atoms with Gasteiger partial charge in [-0.1, -0.05) is 12.1 Å². The maximum atomic E-state index is 13.1. The van der Waals surface area contributed by atoms with Gasteiger partial charge in [-0.05, 0) is 29.8 Å². The minimum absolute atomic E-state index is 0.152. The molecule has 0 saturated carbocycles. The van der Waals surface area contributed by atoms with Crippen LogP contribution in [-0.2, 0) is 19.4 Å². The number of nitrogens with one attached hydrogen (secondary N) is 2. The monoisotopic (exact) mass is 438 g/mol. The number of hydrogen-bond acceptors (Lipinski definition) is 5.